The van der Waals surface area contributed by atoms with E-state index < -0.39 is 0 Å². The lowest BCUT2D eigenvalue weighted by atomic mass is 9.91. The second kappa shape index (κ2) is 6.48. The predicted molar refractivity (Wildman–Crippen MR) is 85.5 cm³/mol. The molecule has 0 N–H and O–H groups in total. The van der Waals surface area contributed by atoms with E-state index in [0.29, 0.717) is 6.61 Å². The molecule has 0 saturated carbocycles. The number of rotatable bonds is 4. The second-order valence-electron chi connectivity index (χ2n) is 6.01. The molecule has 0 radical (unpaired) electrons. The van der Waals surface area contributed by atoms with E-state index >= 15 is 0 Å². The molecule has 0 aromatic carbocycles. The van der Waals surface area contributed by atoms with Gasteiger partial charge < -0.3 is 4.74 Å². The minimum atomic E-state index is -0.136. The van der Waals surface area contributed by atoms with Crippen molar-refractivity contribution >= 4 is 29.1 Å². The van der Waals surface area contributed by atoms with Crippen LogP contribution in [0.25, 0.3) is 0 Å². The van der Waals surface area contributed by atoms with Gasteiger partial charge in [0.2, 0.25) is 0 Å². The standard InChI is InChI=1S/C15H23NO2S2/c1-5-18-14(17)10-7-6-8-11-13(10)16-12(20-11)9-19-15(2,3)4/h10H,5-9H2,1-4H3. The van der Waals surface area contributed by atoms with Crippen molar-refractivity contribution in [2.24, 2.45) is 0 Å². The van der Waals surface area contributed by atoms with E-state index in [-0.39, 0.29) is 16.6 Å². The highest BCUT2D eigenvalue weighted by Crippen LogP contribution is 2.37. The van der Waals surface area contributed by atoms with Gasteiger partial charge in [0.25, 0.3) is 0 Å². The Bertz CT molecular complexity index is 477. The molecule has 20 heavy (non-hydrogen) atoms. The quantitative estimate of drug-likeness (QED) is 0.783. The van der Waals surface area contributed by atoms with Crippen LogP contribution in [0.3, 0.4) is 0 Å². The Hall–Kier alpha value is -0.550. The highest BCUT2D eigenvalue weighted by Gasteiger charge is 2.31. The van der Waals surface area contributed by atoms with E-state index in [0.717, 1.165) is 35.7 Å². The van der Waals surface area contributed by atoms with Gasteiger partial charge >= 0.3 is 5.97 Å². The van der Waals surface area contributed by atoms with Crippen LogP contribution in [0.5, 0.6) is 0 Å². The topological polar surface area (TPSA) is 39.2 Å². The third-order valence-corrected chi connectivity index (χ3v) is 5.80. The van der Waals surface area contributed by atoms with E-state index in [1.54, 1.807) is 11.3 Å². The summed E-state index contributed by atoms with van der Waals surface area (Å²) in [5.74, 6) is 0.689. The maximum absolute atomic E-state index is 12.0. The number of fused-ring (bicyclic) bond motifs is 1. The SMILES string of the molecule is CCOC(=O)C1CCCc2sc(CSC(C)(C)C)nc21. The number of aromatic nitrogens is 1. The lowest BCUT2D eigenvalue weighted by molar-refractivity contribution is -0.145. The molecule has 1 heterocycles. The molecular weight excluding hydrogens is 290 g/mol. The summed E-state index contributed by atoms with van der Waals surface area (Å²) in [6.45, 7) is 8.95. The summed E-state index contributed by atoms with van der Waals surface area (Å²) >= 11 is 3.68. The normalized spacial score (nSPS) is 18.7. The fourth-order valence-electron chi connectivity index (χ4n) is 2.28. The fourth-order valence-corrected chi connectivity index (χ4v) is 4.28. The van der Waals surface area contributed by atoms with Crippen LogP contribution in [-0.2, 0) is 21.7 Å². The van der Waals surface area contributed by atoms with Crippen molar-refractivity contribution in [3.63, 3.8) is 0 Å². The Morgan fingerprint density at radius 1 is 1.50 bits per heavy atom. The van der Waals surface area contributed by atoms with E-state index in [1.165, 1.54) is 4.88 Å². The zero-order valence-corrected chi connectivity index (χ0v) is 14.3. The van der Waals surface area contributed by atoms with Crippen LogP contribution in [-0.4, -0.2) is 22.3 Å². The Labute approximate surface area is 129 Å². The molecule has 0 bridgehead atoms. The van der Waals surface area contributed by atoms with Crippen LogP contribution in [0, 0.1) is 0 Å². The van der Waals surface area contributed by atoms with Gasteiger partial charge in [0.1, 0.15) is 10.9 Å². The van der Waals surface area contributed by atoms with Crippen LogP contribution in [0.1, 0.15) is 62.0 Å². The summed E-state index contributed by atoms with van der Waals surface area (Å²) in [6, 6.07) is 0. The van der Waals surface area contributed by atoms with Crippen LogP contribution in [0.2, 0.25) is 0 Å². The molecule has 0 amide bonds. The summed E-state index contributed by atoms with van der Waals surface area (Å²) in [7, 11) is 0. The Kier molecular flexibility index (Phi) is 5.13. The molecule has 1 aliphatic rings. The Morgan fingerprint density at radius 2 is 2.25 bits per heavy atom. The molecule has 0 aliphatic heterocycles. The van der Waals surface area contributed by atoms with Crippen molar-refractivity contribution in [3.05, 3.63) is 15.6 Å². The molecule has 1 atom stereocenters. The predicted octanol–water partition coefficient (Wildman–Crippen LogP) is 4.16. The van der Waals surface area contributed by atoms with Crippen molar-refractivity contribution in [2.75, 3.05) is 6.61 Å². The van der Waals surface area contributed by atoms with Gasteiger partial charge in [-0.15, -0.1) is 23.1 Å². The highest BCUT2D eigenvalue weighted by molar-refractivity contribution is 7.99. The molecule has 112 valence electrons. The fraction of sp³-hybridized carbons (Fsp3) is 0.733. The molecule has 2 rings (SSSR count). The van der Waals surface area contributed by atoms with Gasteiger partial charge in [-0.1, -0.05) is 20.8 Å². The first-order valence-corrected chi connectivity index (χ1v) is 9.00. The average Bonchev–Trinajstić information content (AvgIpc) is 2.78. The first kappa shape index (κ1) is 15.8. The number of aryl methyl sites for hydroxylation is 1. The van der Waals surface area contributed by atoms with Crippen molar-refractivity contribution in [1.82, 2.24) is 4.98 Å². The Morgan fingerprint density at radius 3 is 2.90 bits per heavy atom. The average molecular weight is 313 g/mol. The van der Waals surface area contributed by atoms with Gasteiger partial charge in [-0.2, -0.15) is 0 Å². The molecule has 1 aromatic rings. The molecule has 0 fully saturated rings. The molecule has 1 aliphatic carbocycles. The van der Waals surface area contributed by atoms with E-state index in [2.05, 4.69) is 20.8 Å². The number of thiazole rings is 1. The van der Waals surface area contributed by atoms with Gasteiger partial charge in [0.05, 0.1) is 12.3 Å². The van der Waals surface area contributed by atoms with E-state index in [9.17, 15) is 4.79 Å². The zero-order valence-electron chi connectivity index (χ0n) is 12.7. The van der Waals surface area contributed by atoms with Crippen LogP contribution in [0.4, 0.5) is 0 Å². The third-order valence-electron chi connectivity index (χ3n) is 3.20. The minimum Gasteiger partial charge on any atom is -0.465 e. The van der Waals surface area contributed by atoms with E-state index in [1.807, 2.05) is 18.7 Å². The highest BCUT2D eigenvalue weighted by atomic mass is 32.2. The summed E-state index contributed by atoms with van der Waals surface area (Å²) in [5, 5.41) is 1.14. The number of hydrogen-bond donors (Lipinski definition) is 0. The summed E-state index contributed by atoms with van der Waals surface area (Å²) in [5.41, 5.74) is 0.990. The monoisotopic (exact) mass is 313 g/mol. The number of carbonyl (C=O) groups is 1. The van der Waals surface area contributed by atoms with Crippen molar-refractivity contribution < 1.29 is 9.53 Å². The summed E-state index contributed by atoms with van der Waals surface area (Å²) in [6.07, 6.45) is 3.00. The number of ether oxygens (including phenoxy) is 1. The first-order chi connectivity index (χ1) is 9.40. The third kappa shape index (κ3) is 3.98. The van der Waals surface area contributed by atoms with Crippen molar-refractivity contribution in [3.8, 4) is 0 Å². The molecule has 1 aromatic heterocycles. The van der Waals surface area contributed by atoms with Gasteiger partial charge in [-0.25, -0.2) is 4.98 Å². The van der Waals surface area contributed by atoms with Gasteiger partial charge in [0, 0.05) is 15.4 Å². The zero-order chi connectivity index (χ0) is 14.8. The number of thioether (sulfide) groups is 1. The molecule has 1 unspecified atom stereocenters. The van der Waals surface area contributed by atoms with Gasteiger partial charge in [0.15, 0.2) is 0 Å². The maximum atomic E-state index is 12.0. The van der Waals surface area contributed by atoms with Crippen molar-refractivity contribution in [1.29, 1.82) is 0 Å². The lowest BCUT2D eigenvalue weighted by Gasteiger charge is -2.19. The second-order valence-corrected chi connectivity index (χ2v) is 8.98. The molecule has 0 saturated heterocycles. The Balaban J connectivity index is 2.12. The number of hydrogen-bond acceptors (Lipinski definition) is 5. The molecule has 3 nitrogen and oxygen atoms in total. The first-order valence-electron chi connectivity index (χ1n) is 7.19. The van der Waals surface area contributed by atoms with Gasteiger partial charge in [-0.05, 0) is 26.2 Å². The van der Waals surface area contributed by atoms with E-state index in [4.69, 9.17) is 9.72 Å². The lowest BCUT2D eigenvalue weighted by Crippen LogP contribution is -2.20. The minimum absolute atomic E-state index is 0.103. The number of esters is 1. The summed E-state index contributed by atoms with van der Waals surface area (Å²) in [4.78, 5) is 18.1. The summed E-state index contributed by atoms with van der Waals surface area (Å²) < 4.78 is 5.42. The largest absolute Gasteiger partial charge is 0.465 e. The molecule has 0 spiro atoms. The maximum Gasteiger partial charge on any atom is 0.315 e. The molecule has 5 heteroatoms. The van der Waals surface area contributed by atoms with Gasteiger partial charge in [-0.3, -0.25) is 4.79 Å². The number of carbonyl (C=O) groups excluding carboxylic acids is 1. The van der Waals surface area contributed by atoms with Crippen LogP contribution < -0.4 is 0 Å². The molecular formula is C15H23NO2S2. The van der Waals surface area contributed by atoms with Crippen molar-refractivity contribution in [2.45, 2.75) is 63.4 Å². The van der Waals surface area contributed by atoms with Crippen LogP contribution in [0.15, 0.2) is 0 Å². The van der Waals surface area contributed by atoms with Crippen LogP contribution >= 0.6 is 23.1 Å². The smallest absolute Gasteiger partial charge is 0.315 e. The number of nitrogens with zero attached hydrogens (tertiary/aromatic N) is 1.